The Morgan fingerprint density at radius 1 is 1.58 bits per heavy atom. The highest BCUT2D eigenvalue weighted by Gasteiger charge is 2.28. The van der Waals surface area contributed by atoms with Crippen LogP contribution in [-0.4, -0.2) is 15.8 Å². The van der Waals surface area contributed by atoms with Gasteiger partial charge in [-0.25, -0.2) is 4.39 Å². The van der Waals surface area contributed by atoms with Crippen molar-refractivity contribution in [2.24, 2.45) is 0 Å². The van der Waals surface area contributed by atoms with E-state index in [2.05, 4.69) is 4.98 Å². The van der Waals surface area contributed by atoms with Gasteiger partial charge in [0.2, 0.25) is 0 Å². The van der Waals surface area contributed by atoms with Crippen molar-refractivity contribution in [3.8, 4) is 0 Å². The number of halogens is 1. The lowest BCUT2D eigenvalue weighted by Gasteiger charge is -2.21. The van der Waals surface area contributed by atoms with Crippen LogP contribution in [0.1, 0.15) is 25.5 Å². The molecule has 0 spiro atoms. The number of aromatic nitrogens is 1. The molecule has 0 amide bonds. The minimum atomic E-state index is -1.62. The summed E-state index contributed by atoms with van der Waals surface area (Å²) in [5.74, 6) is 0. The average Bonchev–Trinajstić information content (AvgIpc) is 2.03. The molecule has 1 N–H and O–H groups in total. The van der Waals surface area contributed by atoms with Gasteiger partial charge in [0.15, 0.2) is 0 Å². The Kier molecular flexibility index (Phi) is 2.43. The first-order chi connectivity index (χ1) is 5.52. The summed E-state index contributed by atoms with van der Waals surface area (Å²) in [7, 11) is 0. The van der Waals surface area contributed by atoms with Crippen molar-refractivity contribution in [2.75, 3.05) is 0 Å². The van der Waals surface area contributed by atoms with Gasteiger partial charge in [-0.1, -0.05) is 6.07 Å². The summed E-state index contributed by atoms with van der Waals surface area (Å²) in [5.41, 5.74) is -1.12. The molecule has 12 heavy (non-hydrogen) atoms. The third-order valence-corrected chi connectivity index (χ3v) is 1.65. The number of nitrogens with zero attached hydrogens (tertiary/aromatic N) is 1. The minimum Gasteiger partial charge on any atom is -0.385 e. The predicted octanol–water partition coefficient (Wildman–Crippen LogP) is 1.86. The second kappa shape index (κ2) is 3.19. The molecule has 66 valence electrons. The fourth-order valence-corrected chi connectivity index (χ4v) is 0.934. The third-order valence-electron chi connectivity index (χ3n) is 1.65. The molecule has 0 aliphatic carbocycles. The molecule has 3 heteroatoms. The molecule has 0 aliphatic heterocycles. The van der Waals surface area contributed by atoms with Crippen LogP contribution in [0.4, 0.5) is 4.39 Å². The van der Waals surface area contributed by atoms with E-state index in [1.54, 1.807) is 18.3 Å². The SMILES string of the molecule is CC(C)(F)[C@H](O)c1cccnc1. The third kappa shape index (κ3) is 2.01. The molecule has 2 nitrogen and oxygen atoms in total. The lowest BCUT2D eigenvalue weighted by molar-refractivity contribution is 0.0159. The molecule has 0 bridgehead atoms. The average molecular weight is 169 g/mol. The second-order valence-electron chi connectivity index (χ2n) is 3.25. The van der Waals surface area contributed by atoms with E-state index in [4.69, 9.17) is 0 Å². The molecule has 0 aromatic carbocycles. The molecule has 1 rings (SSSR count). The summed E-state index contributed by atoms with van der Waals surface area (Å²) < 4.78 is 13.2. The molecule has 0 aliphatic rings. The molecule has 0 saturated heterocycles. The molecular formula is C9H12FNO. The first-order valence-corrected chi connectivity index (χ1v) is 3.78. The molecule has 1 heterocycles. The van der Waals surface area contributed by atoms with Gasteiger partial charge in [0.25, 0.3) is 0 Å². The van der Waals surface area contributed by atoms with E-state index >= 15 is 0 Å². The Bertz CT molecular complexity index is 242. The Labute approximate surface area is 71.1 Å². The van der Waals surface area contributed by atoms with E-state index in [0.29, 0.717) is 5.56 Å². The van der Waals surface area contributed by atoms with E-state index in [9.17, 15) is 9.50 Å². The fraction of sp³-hybridized carbons (Fsp3) is 0.444. The Hall–Kier alpha value is -0.960. The Balaban J connectivity index is 2.86. The smallest absolute Gasteiger partial charge is 0.135 e. The van der Waals surface area contributed by atoms with E-state index in [1.807, 2.05) is 0 Å². The largest absolute Gasteiger partial charge is 0.385 e. The van der Waals surface area contributed by atoms with Crippen LogP contribution in [0.5, 0.6) is 0 Å². The zero-order valence-corrected chi connectivity index (χ0v) is 7.16. The first kappa shape index (κ1) is 9.13. The van der Waals surface area contributed by atoms with Crippen LogP contribution in [0.25, 0.3) is 0 Å². The zero-order valence-electron chi connectivity index (χ0n) is 7.16. The van der Waals surface area contributed by atoms with Gasteiger partial charge in [-0.15, -0.1) is 0 Å². The standard InChI is InChI=1S/C9H12FNO/c1-9(2,10)8(12)7-4-3-5-11-6-7/h3-6,8,12H,1-2H3/t8-/m1/s1. The van der Waals surface area contributed by atoms with Crippen molar-refractivity contribution in [3.63, 3.8) is 0 Å². The summed E-state index contributed by atoms with van der Waals surface area (Å²) in [6.45, 7) is 2.68. The summed E-state index contributed by atoms with van der Waals surface area (Å²) in [5, 5.41) is 9.44. The van der Waals surface area contributed by atoms with Crippen LogP contribution < -0.4 is 0 Å². The van der Waals surface area contributed by atoms with Crippen molar-refractivity contribution in [1.29, 1.82) is 0 Å². The quantitative estimate of drug-likeness (QED) is 0.733. The van der Waals surface area contributed by atoms with Crippen molar-refractivity contribution in [1.82, 2.24) is 4.98 Å². The van der Waals surface area contributed by atoms with E-state index < -0.39 is 11.8 Å². The van der Waals surface area contributed by atoms with E-state index in [-0.39, 0.29) is 0 Å². The summed E-state index contributed by atoms with van der Waals surface area (Å²) in [4.78, 5) is 3.79. The van der Waals surface area contributed by atoms with Crippen molar-refractivity contribution >= 4 is 0 Å². The maximum absolute atomic E-state index is 13.2. The van der Waals surface area contributed by atoms with Gasteiger partial charge in [-0.2, -0.15) is 0 Å². The molecule has 0 saturated carbocycles. The van der Waals surface area contributed by atoms with Gasteiger partial charge in [0.1, 0.15) is 11.8 Å². The highest BCUT2D eigenvalue weighted by atomic mass is 19.1. The predicted molar refractivity (Wildman–Crippen MR) is 44.4 cm³/mol. The van der Waals surface area contributed by atoms with Crippen LogP contribution >= 0.6 is 0 Å². The van der Waals surface area contributed by atoms with Crippen LogP contribution in [0.2, 0.25) is 0 Å². The fourth-order valence-electron chi connectivity index (χ4n) is 0.934. The molecule has 0 fully saturated rings. The maximum atomic E-state index is 13.2. The Morgan fingerprint density at radius 3 is 2.67 bits per heavy atom. The zero-order chi connectivity index (χ0) is 9.19. The number of pyridine rings is 1. The highest BCUT2D eigenvalue weighted by Crippen LogP contribution is 2.27. The number of aliphatic hydroxyl groups is 1. The van der Waals surface area contributed by atoms with Crippen LogP contribution in [0.3, 0.4) is 0 Å². The molecule has 0 radical (unpaired) electrons. The van der Waals surface area contributed by atoms with Gasteiger partial charge in [-0.05, 0) is 19.9 Å². The number of hydrogen-bond acceptors (Lipinski definition) is 2. The molecule has 0 unspecified atom stereocenters. The summed E-state index contributed by atoms with van der Waals surface area (Å²) >= 11 is 0. The number of aliphatic hydroxyl groups excluding tert-OH is 1. The van der Waals surface area contributed by atoms with Gasteiger partial charge in [0, 0.05) is 18.0 Å². The van der Waals surface area contributed by atoms with Crippen molar-refractivity contribution in [3.05, 3.63) is 30.1 Å². The monoisotopic (exact) mass is 169 g/mol. The Morgan fingerprint density at radius 2 is 2.25 bits per heavy atom. The lowest BCUT2D eigenvalue weighted by Crippen LogP contribution is -2.23. The molecule has 1 atom stereocenters. The number of alkyl halides is 1. The van der Waals surface area contributed by atoms with Crippen LogP contribution in [0.15, 0.2) is 24.5 Å². The normalized spacial score (nSPS) is 14.3. The summed E-state index contributed by atoms with van der Waals surface area (Å²) in [6, 6.07) is 3.32. The molecule has 1 aromatic heterocycles. The summed E-state index contributed by atoms with van der Waals surface area (Å²) in [6.07, 6.45) is 1.94. The van der Waals surface area contributed by atoms with Crippen molar-refractivity contribution in [2.45, 2.75) is 25.6 Å². The van der Waals surface area contributed by atoms with Crippen molar-refractivity contribution < 1.29 is 9.50 Å². The van der Waals surface area contributed by atoms with Gasteiger partial charge in [-0.3, -0.25) is 4.98 Å². The van der Waals surface area contributed by atoms with E-state index in [0.717, 1.165) is 0 Å². The number of hydrogen-bond donors (Lipinski definition) is 1. The van der Waals surface area contributed by atoms with Crippen LogP contribution in [-0.2, 0) is 0 Å². The lowest BCUT2D eigenvalue weighted by atomic mass is 9.98. The number of rotatable bonds is 2. The van der Waals surface area contributed by atoms with E-state index in [1.165, 1.54) is 20.0 Å². The van der Waals surface area contributed by atoms with Gasteiger partial charge < -0.3 is 5.11 Å². The van der Waals surface area contributed by atoms with Gasteiger partial charge in [0.05, 0.1) is 0 Å². The molecule has 1 aromatic rings. The van der Waals surface area contributed by atoms with Gasteiger partial charge >= 0.3 is 0 Å². The highest BCUT2D eigenvalue weighted by molar-refractivity contribution is 5.14. The topological polar surface area (TPSA) is 33.1 Å². The van der Waals surface area contributed by atoms with Crippen LogP contribution in [0, 0.1) is 0 Å². The first-order valence-electron chi connectivity index (χ1n) is 3.78. The maximum Gasteiger partial charge on any atom is 0.135 e. The second-order valence-corrected chi connectivity index (χ2v) is 3.25. The minimum absolute atomic E-state index is 0.505. The molecular weight excluding hydrogens is 157 g/mol.